The summed E-state index contributed by atoms with van der Waals surface area (Å²) in [6.07, 6.45) is 0.349. The number of aliphatic hydroxyl groups excluding tert-OH is 1. The van der Waals surface area contributed by atoms with Gasteiger partial charge in [0, 0.05) is 12.5 Å². The Hall–Kier alpha value is -1.46. The molecule has 4 heteroatoms. The average molecular weight is 399 g/mol. The van der Waals surface area contributed by atoms with Crippen molar-refractivity contribution in [1.82, 2.24) is 0 Å². The second-order valence-electron chi connectivity index (χ2n) is 9.03. The first-order chi connectivity index (χ1) is 13.3. The fourth-order valence-electron chi connectivity index (χ4n) is 4.55. The molecule has 3 rings (SSSR count). The van der Waals surface area contributed by atoms with Gasteiger partial charge in [0.25, 0.3) is 8.32 Å². The Kier molecular flexibility index (Phi) is 6.45. The molecule has 1 fully saturated rings. The van der Waals surface area contributed by atoms with Gasteiger partial charge >= 0.3 is 0 Å². The molecule has 0 radical (unpaired) electrons. The van der Waals surface area contributed by atoms with Gasteiger partial charge in [-0.15, -0.1) is 0 Å². The zero-order valence-corrected chi connectivity index (χ0v) is 18.8. The van der Waals surface area contributed by atoms with Gasteiger partial charge in [0.15, 0.2) is 0 Å². The summed E-state index contributed by atoms with van der Waals surface area (Å²) in [4.78, 5) is 0. The maximum absolute atomic E-state index is 10.2. The van der Waals surface area contributed by atoms with Crippen LogP contribution in [0.15, 0.2) is 60.7 Å². The molecule has 1 heterocycles. The van der Waals surface area contributed by atoms with E-state index in [1.165, 1.54) is 10.4 Å². The Balaban J connectivity index is 1.91. The van der Waals surface area contributed by atoms with Gasteiger partial charge in [0.2, 0.25) is 0 Å². The van der Waals surface area contributed by atoms with Gasteiger partial charge in [-0.3, -0.25) is 0 Å². The van der Waals surface area contributed by atoms with Gasteiger partial charge in [-0.1, -0.05) is 88.4 Å². The smallest absolute Gasteiger partial charge is 0.261 e. The highest BCUT2D eigenvalue weighted by molar-refractivity contribution is 6.99. The third-order valence-electron chi connectivity index (χ3n) is 6.13. The summed E-state index contributed by atoms with van der Waals surface area (Å²) in [5.74, 6) is 0.137. The Morgan fingerprint density at radius 1 is 0.929 bits per heavy atom. The molecule has 0 unspecified atom stereocenters. The number of ether oxygens (including phenoxy) is 1. The van der Waals surface area contributed by atoms with E-state index in [9.17, 15) is 5.11 Å². The Morgan fingerprint density at radius 2 is 1.43 bits per heavy atom. The maximum atomic E-state index is 10.2. The predicted octanol–water partition coefficient (Wildman–Crippen LogP) is 3.74. The fourth-order valence-corrected chi connectivity index (χ4v) is 9.13. The van der Waals surface area contributed by atoms with Crippen molar-refractivity contribution in [2.24, 2.45) is 5.92 Å². The number of rotatable bonds is 6. The summed E-state index contributed by atoms with van der Waals surface area (Å²) < 4.78 is 12.9. The number of hydrogen-bond acceptors (Lipinski definition) is 3. The number of hydrogen-bond donors (Lipinski definition) is 1. The van der Waals surface area contributed by atoms with Crippen LogP contribution in [0.25, 0.3) is 0 Å². The minimum absolute atomic E-state index is 0.0232. The average Bonchev–Trinajstić information content (AvgIpc) is 2.92. The van der Waals surface area contributed by atoms with Crippen LogP contribution in [0.2, 0.25) is 5.04 Å². The fraction of sp³-hybridized carbons (Fsp3) is 0.500. The molecule has 1 saturated heterocycles. The molecule has 4 atom stereocenters. The van der Waals surface area contributed by atoms with Gasteiger partial charge in [-0.2, -0.15) is 0 Å². The zero-order chi connectivity index (χ0) is 20.4. The van der Waals surface area contributed by atoms with Crippen molar-refractivity contribution >= 4 is 18.7 Å². The van der Waals surface area contributed by atoms with Crippen LogP contribution in [-0.2, 0) is 9.16 Å². The number of benzene rings is 2. The van der Waals surface area contributed by atoms with Crippen molar-refractivity contribution in [2.75, 3.05) is 6.61 Å². The van der Waals surface area contributed by atoms with Gasteiger partial charge in [-0.05, 0) is 28.8 Å². The van der Waals surface area contributed by atoms with Crippen molar-refractivity contribution in [2.45, 2.75) is 64.4 Å². The lowest BCUT2D eigenvalue weighted by Crippen LogP contribution is -2.66. The van der Waals surface area contributed by atoms with E-state index in [-0.39, 0.29) is 23.2 Å². The first kappa shape index (κ1) is 21.3. The molecule has 28 heavy (non-hydrogen) atoms. The van der Waals surface area contributed by atoms with Crippen molar-refractivity contribution < 1.29 is 14.3 Å². The van der Waals surface area contributed by atoms with E-state index in [1.54, 1.807) is 0 Å². The van der Waals surface area contributed by atoms with E-state index in [2.05, 4.69) is 88.4 Å². The summed E-state index contributed by atoms with van der Waals surface area (Å²) >= 11 is 0. The van der Waals surface area contributed by atoms with Gasteiger partial charge in [-0.25, -0.2) is 0 Å². The molecule has 0 aromatic heterocycles. The molecule has 0 spiro atoms. The molecule has 1 N–H and O–H groups in total. The van der Waals surface area contributed by atoms with Gasteiger partial charge < -0.3 is 14.3 Å². The SMILES string of the molecule is C[C@@H]1[C@H](O)[C@H](C)O[C@@H]1CCO[Si](c1ccccc1)(c1ccccc1)C(C)(C)C. The second-order valence-corrected chi connectivity index (χ2v) is 13.3. The van der Waals surface area contributed by atoms with E-state index in [1.807, 2.05) is 6.92 Å². The molecule has 152 valence electrons. The van der Waals surface area contributed by atoms with Gasteiger partial charge in [0.05, 0.1) is 18.3 Å². The Morgan fingerprint density at radius 3 is 1.82 bits per heavy atom. The summed E-state index contributed by atoms with van der Waals surface area (Å²) in [6, 6.07) is 21.4. The zero-order valence-electron chi connectivity index (χ0n) is 17.8. The predicted molar refractivity (Wildman–Crippen MR) is 118 cm³/mol. The molecular weight excluding hydrogens is 364 g/mol. The highest BCUT2D eigenvalue weighted by Gasteiger charge is 2.50. The van der Waals surface area contributed by atoms with Crippen LogP contribution < -0.4 is 10.4 Å². The summed E-state index contributed by atoms with van der Waals surface area (Å²) in [5.41, 5.74) is 0. The van der Waals surface area contributed by atoms with E-state index >= 15 is 0 Å². The van der Waals surface area contributed by atoms with Crippen LogP contribution in [0.5, 0.6) is 0 Å². The van der Waals surface area contributed by atoms with Crippen LogP contribution >= 0.6 is 0 Å². The van der Waals surface area contributed by atoms with E-state index < -0.39 is 14.4 Å². The van der Waals surface area contributed by atoms with Crippen molar-refractivity contribution in [3.05, 3.63) is 60.7 Å². The topological polar surface area (TPSA) is 38.7 Å². The molecule has 1 aliphatic rings. The third-order valence-corrected chi connectivity index (χ3v) is 11.2. The molecule has 0 saturated carbocycles. The maximum Gasteiger partial charge on any atom is 0.261 e. The lowest BCUT2D eigenvalue weighted by Gasteiger charge is -2.43. The Labute approximate surface area is 170 Å². The lowest BCUT2D eigenvalue weighted by atomic mass is 9.97. The van der Waals surface area contributed by atoms with Crippen LogP contribution in [0.1, 0.15) is 41.0 Å². The molecule has 0 amide bonds. The first-order valence-corrected chi connectivity index (χ1v) is 12.3. The van der Waals surface area contributed by atoms with Crippen molar-refractivity contribution in [3.8, 4) is 0 Å². The first-order valence-electron chi connectivity index (χ1n) is 10.4. The third kappa shape index (κ3) is 3.97. The number of aliphatic hydroxyl groups is 1. The van der Waals surface area contributed by atoms with Crippen LogP contribution in [0.3, 0.4) is 0 Å². The van der Waals surface area contributed by atoms with Crippen molar-refractivity contribution in [3.63, 3.8) is 0 Å². The van der Waals surface area contributed by atoms with E-state index in [0.717, 1.165) is 6.42 Å². The molecule has 1 aliphatic heterocycles. The normalized spacial score (nSPS) is 25.8. The molecule has 0 bridgehead atoms. The monoisotopic (exact) mass is 398 g/mol. The van der Waals surface area contributed by atoms with Crippen LogP contribution in [0, 0.1) is 5.92 Å². The van der Waals surface area contributed by atoms with Crippen LogP contribution in [-0.4, -0.2) is 38.3 Å². The summed E-state index contributed by atoms with van der Waals surface area (Å²) in [7, 11) is -2.50. The lowest BCUT2D eigenvalue weighted by molar-refractivity contribution is 0.0138. The van der Waals surface area contributed by atoms with Crippen molar-refractivity contribution in [1.29, 1.82) is 0 Å². The minimum atomic E-state index is -2.50. The standard InChI is InChI=1S/C24H34O3Si/c1-18-22(27-19(2)23(18)25)16-17-26-28(24(3,4)5,20-12-8-6-9-13-20)21-14-10-7-11-15-21/h6-15,18-19,22-23,25H,16-17H2,1-5H3/t18-,19-,22+,23-/m0/s1. The highest BCUT2D eigenvalue weighted by Crippen LogP contribution is 2.37. The van der Waals surface area contributed by atoms with Gasteiger partial charge in [0.1, 0.15) is 0 Å². The molecule has 3 nitrogen and oxygen atoms in total. The minimum Gasteiger partial charge on any atom is -0.407 e. The highest BCUT2D eigenvalue weighted by atomic mass is 28.4. The molecule has 0 aliphatic carbocycles. The quantitative estimate of drug-likeness (QED) is 0.754. The summed E-state index contributed by atoms with van der Waals surface area (Å²) in [5, 5.41) is 12.8. The van der Waals surface area contributed by atoms with Crippen LogP contribution in [0.4, 0.5) is 0 Å². The Bertz CT molecular complexity index is 702. The van der Waals surface area contributed by atoms with E-state index in [0.29, 0.717) is 6.61 Å². The summed E-state index contributed by atoms with van der Waals surface area (Å²) in [6.45, 7) is 11.5. The molecule has 2 aromatic rings. The largest absolute Gasteiger partial charge is 0.407 e. The molecule has 2 aromatic carbocycles. The van der Waals surface area contributed by atoms with E-state index in [4.69, 9.17) is 9.16 Å². The second kappa shape index (κ2) is 8.50. The molecular formula is C24H34O3Si.